The molecule has 32 heavy (non-hydrogen) atoms. The smallest absolute Gasteiger partial charge is 0.303 e. The summed E-state index contributed by atoms with van der Waals surface area (Å²) in [6, 6.07) is 7.98. The Balaban J connectivity index is 1.52. The number of carbonyl (C=O) groups excluding carboxylic acids is 1. The monoisotopic (exact) mass is 476 g/mol. The topological polar surface area (TPSA) is 94.8 Å². The van der Waals surface area contributed by atoms with Crippen LogP contribution in [0.15, 0.2) is 48.6 Å². The maximum absolute atomic E-state index is 12.3. The van der Waals surface area contributed by atoms with Gasteiger partial charge in [-0.05, 0) is 50.5 Å². The molecule has 172 valence electrons. The van der Waals surface area contributed by atoms with E-state index in [-0.39, 0.29) is 24.0 Å². The molecule has 0 radical (unpaired) electrons. The molecule has 0 aliphatic heterocycles. The number of carboxylic acid groups (broad SMARTS) is 1. The Bertz CT molecular complexity index is 995. The molecule has 0 spiro atoms. The highest BCUT2D eigenvalue weighted by molar-refractivity contribution is 7.19. The number of benzene rings is 1. The molecule has 7 heteroatoms. The molecule has 3 rings (SSSR count). The van der Waals surface area contributed by atoms with Crippen LogP contribution >= 0.6 is 22.9 Å². The van der Waals surface area contributed by atoms with Gasteiger partial charge in [0.25, 0.3) is 0 Å². The summed E-state index contributed by atoms with van der Waals surface area (Å²) in [6.45, 7) is 0. The zero-order chi connectivity index (χ0) is 23.1. The quantitative estimate of drug-likeness (QED) is 0.307. The first-order valence-corrected chi connectivity index (χ1v) is 12.2. The molecule has 1 aliphatic carbocycles. The SMILES string of the molecule is O=C(O)CCC/C=C\C[C@@H]1C(=O)C(O)C[C@H]1/C=C/C(O)CCc1sc2ccccc2c1Cl. The lowest BCUT2D eigenvalue weighted by Gasteiger charge is -2.13. The molecule has 4 atom stereocenters. The highest BCUT2D eigenvalue weighted by Gasteiger charge is 2.39. The van der Waals surface area contributed by atoms with Gasteiger partial charge in [0.1, 0.15) is 6.10 Å². The van der Waals surface area contributed by atoms with Crippen LogP contribution in [0.2, 0.25) is 5.02 Å². The van der Waals surface area contributed by atoms with Crippen molar-refractivity contribution in [1.29, 1.82) is 0 Å². The second-order valence-electron chi connectivity index (χ2n) is 8.24. The lowest BCUT2D eigenvalue weighted by Crippen LogP contribution is -2.19. The molecule has 0 amide bonds. The Hall–Kier alpha value is -1.99. The van der Waals surface area contributed by atoms with Crippen LogP contribution in [0.5, 0.6) is 0 Å². The van der Waals surface area contributed by atoms with Gasteiger partial charge in [-0.2, -0.15) is 0 Å². The minimum absolute atomic E-state index is 0.122. The summed E-state index contributed by atoms with van der Waals surface area (Å²) < 4.78 is 1.13. The van der Waals surface area contributed by atoms with E-state index in [0.29, 0.717) is 38.5 Å². The molecule has 1 aliphatic rings. The van der Waals surface area contributed by atoms with Crippen molar-refractivity contribution in [3.8, 4) is 0 Å². The maximum Gasteiger partial charge on any atom is 0.303 e. The average molecular weight is 477 g/mol. The number of carbonyl (C=O) groups is 2. The summed E-state index contributed by atoms with van der Waals surface area (Å²) in [4.78, 5) is 23.9. The van der Waals surface area contributed by atoms with Gasteiger partial charge in [-0.15, -0.1) is 11.3 Å². The summed E-state index contributed by atoms with van der Waals surface area (Å²) >= 11 is 8.12. The fourth-order valence-electron chi connectivity index (χ4n) is 4.10. The molecular formula is C25H29ClO5S. The summed E-state index contributed by atoms with van der Waals surface area (Å²) in [5.74, 6) is -1.42. The maximum atomic E-state index is 12.3. The summed E-state index contributed by atoms with van der Waals surface area (Å²) in [7, 11) is 0. The number of hydrogen-bond acceptors (Lipinski definition) is 5. The third-order valence-corrected chi connectivity index (χ3v) is 7.65. The Morgan fingerprint density at radius 1 is 1.28 bits per heavy atom. The molecule has 1 aromatic carbocycles. The number of carboxylic acids is 1. The number of aliphatic hydroxyl groups excluding tert-OH is 2. The lowest BCUT2D eigenvalue weighted by atomic mass is 9.91. The number of aliphatic hydroxyl groups is 2. The predicted molar refractivity (Wildman–Crippen MR) is 128 cm³/mol. The first kappa shape index (κ1) is 24.6. The minimum atomic E-state index is -0.968. The third-order valence-electron chi connectivity index (χ3n) is 5.87. The van der Waals surface area contributed by atoms with Gasteiger partial charge in [-0.25, -0.2) is 0 Å². The Kier molecular flexibility index (Phi) is 9.05. The van der Waals surface area contributed by atoms with E-state index in [1.807, 2.05) is 42.5 Å². The van der Waals surface area contributed by atoms with Gasteiger partial charge < -0.3 is 15.3 Å². The number of rotatable bonds is 11. The number of allylic oxidation sites excluding steroid dienone is 3. The van der Waals surface area contributed by atoms with Crippen molar-refractivity contribution in [3.05, 3.63) is 58.5 Å². The van der Waals surface area contributed by atoms with Gasteiger partial charge in [0.15, 0.2) is 5.78 Å². The molecular weight excluding hydrogens is 448 g/mol. The predicted octanol–water partition coefficient (Wildman–Crippen LogP) is 5.17. The van der Waals surface area contributed by atoms with Crippen LogP contribution < -0.4 is 0 Å². The van der Waals surface area contributed by atoms with E-state index in [0.717, 1.165) is 20.0 Å². The number of aliphatic carboxylic acids is 1. The Morgan fingerprint density at radius 3 is 2.81 bits per heavy atom. The van der Waals surface area contributed by atoms with Crippen LogP contribution in [-0.4, -0.2) is 39.3 Å². The molecule has 1 aromatic heterocycles. The standard InChI is InChI=1S/C25H29ClO5S/c26-24-19-8-5-6-9-21(19)32-22(24)14-13-17(27)12-11-16-15-20(28)25(31)18(16)7-3-1-2-4-10-23(29)30/h1,3,5-6,8-9,11-12,16-18,20,27-28H,2,4,7,10,13-15H2,(H,29,30)/b3-1-,12-11+/t16-,17?,18+,20?/m1/s1. The van der Waals surface area contributed by atoms with Crippen molar-refractivity contribution < 1.29 is 24.9 Å². The van der Waals surface area contributed by atoms with E-state index in [1.165, 1.54) is 0 Å². The van der Waals surface area contributed by atoms with Crippen LogP contribution in [0.3, 0.4) is 0 Å². The summed E-state index contributed by atoms with van der Waals surface area (Å²) in [6.07, 6.45) is 9.14. The van der Waals surface area contributed by atoms with E-state index in [9.17, 15) is 19.8 Å². The Morgan fingerprint density at radius 2 is 2.06 bits per heavy atom. The molecule has 1 heterocycles. The lowest BCUT2D eigenvalue weighted by molar-refractivity contribution is -0.137. The number of fused-ring (bicyclic) bond motifs is 1. The fraction of sp³-hybridized carbons (Fsp3) is 0.440. The van der Waals surface area contributed by atoms with E-state index in [4.69, 9.17) is 16.7 Å². The van der Waals surface area contributed by atoms with E-state index < -0.39 is 18.2 Å². The normalized spacial score (nSPS) is 22.5. The van der Waals surface area contributed by atoms with E-state index in [1.54, 1.807) is 17.4 Å². The molecule has 3 N–H and O–H groups in total. The van der Waals surface area contributed by atoms with Gasteiger partial charge in [0.05, 0.1) is 11.1 Å². The molecule has 0 bridgehead atoms. The van der Waals surface area contributed by atoms with Crippen molar-refractivity contribution >= 4 is 44.8 Å². The van der Waals surface area contributed by atoms with Crippen molar-refractivity contribution in [3.63, 3.8) is 0 Å². The zero-order valence-electron chi connectivity index (χ0n) is 17.8. The number of hydrogen-bond donors (Lipinski definition) is 3. The fourth-order valence-corrected chi connectivity index (χ4v) is 5.65. The van der Waals surface area contributed by atoms with Gasteiger partial charge in [-0.1, -0.05) is 54.1 Å². The van der Waals surface area contributed by atoms with E-state index >= 15 is 0 Å². The highest BCUT2D eigenvalue weighted by atomic mass is 35.5. The number of halogens is 1. The van der Waals surface area contributed by atoms with Crippen LogP contribution in [0.1, 0.15) is 43.4 Å². The molecule has 1 saturated carbocycles. The number of Topliss-reactive ketones (excluding diaryl/α,β-unsaturated/α-hetero) is 1. The first-order valence-electron chi connectivity index (χ1n) is 11.0. The van der Waals surface area contributed by atoms with Crippen molar-refractivity contribution in [1.82, 2.24) is 0 Å². The molecule has 0 saturated heterocycles. The number of ketones is 1. The van der Waals surface area contributed by atoms with E-state index in [2.05, 4.69) is 0 Å². The largest absolute Gasteiger partial charge is 0.481 e. The van der Waals surface area contributed by atoms with Crippen LogP contribution in [0.4, 0.5) is 0 Å². The molecule has 5 nitrogen and oxygen atoms in total. The second kappa shape index (κ2) is 11.8. The van der Waals surface area contributed by atoms with Crippen LogP contribution in [-0.2, 0) is 16.0 Å². The summed E-state index contributed by atoms with van der Waals surface area (Å²) in [5, 5.41) is 30.9. The van der Waals surface area contributed by atoms with Crippen molar-refractivity contribution in [2.45, 2.75) is 57.2 Å². The van der Waals surface area contributed by atoms with Gasteiger partial charge in [0.2, 0.25) is 0 Å². The third kappa shape index (κ3) is 6.51. The van der Waals surface area contributed by atoms with Gasteiger partial charge in [-0.3, -0.25) is 9.59 Å². The van der Waals surface area contributed by atoms with Crippen LogP contribution in [0.25, 0.3) is 10.1 Å². The van der Waals surface area contributed by atoms with Crippen LogP contribution in [0, 0.1) is 11.8 Å². The summed E-state index contributed by atoms with van der Waals surface area (Å²) in [5.41, 5.74) is 0. The molecule has 2 aromatic rings. The second-order valence-corrected chi connectivity index (χ2v) is 9.76. The molecule has 1 fully saturated rings. The first-order chi connectivity index (χ1) is 15.4. The van der Waals surface area contributed by atoms with Crippen molar-refractivity contribution in [2.24, 2.45) is 11.8 Å². The van der Waals surface area contributed by atoms with Gasteiger partial charge in [0, 0.05) is 27.3 Å². The minimum Gasteiger partial charge on any atom is -0.481 e. The number of unbranched alkanes of at least 4 members (excludes halogenated alkanes) is 1. The number of aryl methyl sites for hydroxylation is 1. The van der Waals surface area contributed by atoms with Crippen molar-refractivity contribution in [2.75, 3.05) is 0 Å². The molecule has 2 unspecified atom stereocenters. The average Bonchev–Trinajstić information content (AvgIpc) is 3.23. The highest BCUT2D eigenvalue weighted by Crippen LogP contribution is 2.36. The van der Waals surface area contributed by atoms with Gasteiger partial charge >= 0.3 is 5.97 Å². The number of thiophene rings is 1. The Labute approximate surface area is 197 Å². The zero-order valence-corrected chi connectivity index (χ0v) is 19.4.